The van der Waals surface area contributed by atoms with Gasteiger partial charge in [-0.2, -0.15) is 0 Å². The molecular weight excluding hydrogens is 370 g/mol. The topological polar surface area (TPSA) is 84.9 Å². The van der Waals surface area contributed by atoms with Gasteiger partial charge in [0.15, 0.2) is 6.61 Å². The van der Waals surface area contributed by atoms with Crippen molar-refractivity contribution in [3.63, 3.8) is 0 Å². The van der Waals surface area contributed by atoms with Crippen LogP contribution in [0.15, 0.2) is 24.3 Å². The maximum absolute atomic E-state index is 12.3. The van der Waals surface area contributed by atoms with E-state index < -0.39 is 5.97 Å². The third-order valence-electron chi connectivity index (χ3n) is 7.70. The van der Waals surface area contributed by atoms with Crippen molar-refractivity contribution < 1.29 is 24.2 Å². The first-order valence-electron chi connectivity index (χ1n) is 10.6. The van der Waals surface area contributed by atoms with Crippen LogP contribution in [0.1, 0.15) is 58.1 Å². The third-order valence-corrected chi connectivity index (χ3v) is 7.70. The molecule has 5 atom stereocenters. The smallest absolute Gasteiger partial charge is 0.341 e. The Hall–Kier alpha value is -2.08. The fourth-order valence-electron chi connectivity index (χ4n) is 6.28. The molecule has 1 saturated heterocycles. The average Bonchev–Trinajstić information content (AvgIpc) is 3.19. The van der Waals surface area contributed by atoms with Crippen molar-refractivity contribution in [1.82, 2.24) is 5.32 Å². The zero-order chi connectivity index (χ0) is 20.8. The summed E-state index contributed by atoms with van der Waals surface area (Å²) in [5.41, 5.74) is 1.28. The normalized spacial score (nSPS) is 34.4. The van der Waals surface area contributed by atoms with Gasteiger partial charge in [0.05, 0.1) is 6.10 Å². The molecule has 1 aromatic carbocycles. The number of fused-ring (bicyclic) bond motifs is 1. The molecule has 0 aromatic heterocycles. The fourth-order valence-corrected chi connectivity index (χ4v) is 6.28. The first-order chi connectivity index (χ1) is 13.8. The quantitative estimate of drug-likeness (QED) is 0.761. The first-order valence-corrected chi connectivity index (χ1v) is 10.6. The summed E-state index contributed by atoms with van der Waals surface area (Å²) in [6.07, 6.45) is 3.77. The molecule has 6 heteroatoms. The molecule has 0 radical (unpaired) electrons. The summed E-state index contributed by atoms with van der Waals surface area (Å²) in [5.74, 6) is 0.645. The van der Waals surface area contributed by atoms with E-state index in [1.165, 1.54) is 0 Å². The number of carbonyl (C=O) groups is 2. The Bertz CT molecular complexity index is 789. The summed E-state index contributed by atoms with van der Waals surface area (Å²) in [7, 11) is 0. The van der Waals surface area contributed by atoms with Crippen LogP contribution in [0.3, 0.4) is 0 Å². The van der Waals surface area contributed by atoms with E-state index in [1.807, 2.05) is 31.2 Å². The molecule has 2 saturated carbocycles. The molecule has 1 heterocycles. The number of benzene rings is 1. The lowest BCUT2D eigenvalue weighted by Crippen LogP contribution is -2.58. The minimum atomic E-state index is -0.989. The molecule has 2 N–H and O–H groups in total. The van der Waals surface area contributed by atoms with Crippen LogP contribution in [0.2, 0.25) is 0 Å². The lowest BCUT2D eigenvalue weighted by molar-refractivity contribution is -0.139. The second-order valence-electron chi connectivity index (χ2n) is 9.44. The lowest BCUT2D eigenvalue weighted by Gasteiger charge is -2.53. The van der Waals surface area contributed by atoms with E-state index in [9.17, 15) is 9.59 Å². The van der Waals surface area contributed by atoms with Gasteiger partial charge >= 0.3 is 5.97 Å². The highest BCUT2D eigenvalue weighted by Crippen LogP contribution is 2.70. The molecule has 3 aliphatic rings. The zero-order valence-corrected chi connectivity index (χ0v) is 17.4. The van der Waals surface area contributed by atoms with Crippen LogP contribution < -0.4 is 10.1 Å². The number of carbonyl (C=O) groups excluding carboxylic acids is 1. The van der Waals surface area contributed by atoms with Gasteiger partial charge in [0.1, 0.15) is 5.75 Å². The van der Waals surface area contributed by atoms with Crippen molar-refractivity contribution in [3.05, 3.63) is 29.8 Å². The summed E-state index contributed by atoms with van der Waals surface area (Å²) in [6, 6.07) is 7.78. The van der Waals surface area contributed by atoms with Gasteiger partial charge in [-0.15, -0.1) is 0 Å². The zero-order valence-electron chi connectivity index (χ0n) is 17.4. The largest absolute Gasteiger partial charge is 0.482 e. The number of hydrogen-bond donors (Lipinski definition) is 2. The number of carboxylic acids is 1. The van der Waals surface area contributed by atoms with Gasteiger partial charge in [0, 0.05) is 19.1 Å². The third kappa shape index (κ3) is 3.31. The van der Waals surface area contributed by atoms with Crippen LogP contribution in [0.5, 0.6) is 5.75 Å². The van der Waals surface area contributed by atoms with E-state index >= 15 is 0 Å². The predicted octanol–water partition coefficient (Wildman–Crippen LogP) is 3.56. The second kappa shape index (κ2) is 7.31. The maximum Gasteiger partial charge on any atom is 0.341 e. The van der Waals surface area contributed by atoms with E-state index in [2.05, 4.69) is 19.2 Å². The number of rotatable bonds is 6. The number of amides is 1. The summed E-state index contributed by atoms with van der Waals surface area (Å²) < 4.78 is 11.5. The number of nitrogens with one attached hydrogen (secondary N) is 1. The molecule has 1 aliphatic heterocycles. The Morgan fingerprint density at radius 3 is 2.66 bits per heavy atom. The van der Waals surface area contributed by atoms with Crippen LogP contribution in [0.4, 0.5) is 0 Å². The van der Waals surface area contributed by atoms with Gasteiger partial charge in [-0.05, 0) is 59.6 Å². The van der Waals surface area contributed by atoms with Crippen molar-refractivity contribution in [2.45, 2.75) is 58.6 Å². The molecule has 3 fully saturated rings. The van der Waals surface area contributed by atoms with Crippen molar-refractivity contribution in [2.75, 3.05) is 13.2 Å². The molecule has 2 aliphatic carbocycles. The molecule has 1 spiro atoms. The first kappa shape index (κ1) is 20.2. The SMILES string of the molecule is CCC(=O)N[C@H]1C(C)(C)[C@@H]2C[C@@H]3[C@@H](c4ccc(OCC(=O)O)cc4)OCCC31C2. The molecule has 6 nitrogen and oxygen atoms in total. The molecule has 1 amide bonds. The highest BCUT2D eigenvalue weighted by atomic mass is 16.5. The molecule has 1 aromatic rings. The van der Waals surface area contributed by atoms with Crippen LogP contribution >= 0.6 is 0 Å². The number of carboxylic acid groups (broad SMARTS) is 1. The van der Waals surface area contributed by atoms with E-state index in [0.717, 1.165) is 24.8 Å². The Morgan fingerprint density at radius 1 is 1.28 bits per heavy atom. The van der Waals surface area contributed by atoms with Crippen LogP contribution in [-0.2, 0) is 14.3 Å². The Kier molecular flexibility index (Phi) is 5.09. The fraction of sp³-hybridized carbons (Fsp3) is 0.652. The van der Waals surface area contributed by atoms with Gasteiger partial charge in [-0.1, -0.05) is 32.9 Å². The predicted molar refractivity (Wildman–Crippen MR) is 108 cm³/mol. The lowest BCUT2D eigenvalue weighted by atomic mass is 9.59. The van der Waals surface area contributed by atoms with Crippen molar-refractivity contribution >= 4 is 11.9 Å². The minimum absolute atomic E-state index is 0.000553. The summed E-state index contributed by atoms with van der Waals surface area (Å²) in [4.78, 5) is 23.0. The Balaban J connectivity index is 1.58. The summed E-state index contributed by atoms with van der Waals surface area (Å²) in [6.45, 7) is 6.87. The van der Waals surface area contributed by atoms with Gasteiger partial charge < -0.3 is 19.9 Å². The van der Waals surface area contributed by atoms with E-state index in [0.29, 0.717) is 30.6 Å². The maximum atomic E-state index is 12.3. The van der Waals surface area contributed by atoms with Crippen LogP contribution in [0, 0.1) is 22.7 Å². The molecule has 29 heavy (non-hydrogen) atoms. The van der Waals surface area contributed by atoms with Crippen molar-refractivity contribution in [2.24, 2.45) is 22.7 Å². The van der Waals surface area contributed by atoms with Gasteiger partial charge in [-0.3, -0.25) is 4.79 Å². The molecule has 4 rings (SSSR count). The van der Waals surface area contributed by atoms with Gasteiger partial charge in [-0.25, -0.2) is 4.79 Å². The van der Waals surface area contributed by atoms with E-state index in [1.54, 1.807) is 0 Å². The van der Waals surface area contributed by atoms with Crippen LogP contribution in [0.25, 0.3) is 0 Å². The average molecular weight is 402 g/mol. The molecule has 1 unspecified atom stereocenters. The molecule has 2 bridgehead atoms. The summed E-state index contributed by atoms with van der Waals surface area (Å²) >= 11 is 0. The highest BCUT2D eigenvalue weighted by Gasteiger charge is 2.68. The van der Waals surface area contributed by atoms with Gasteiger partial charge in [0.2, 0.25) is 5.91 Å². The summed E-state index contributed by atoms with van der Waals surface area (Å²) in [5, 5.41) is 12.1. The van der Waals surface area contributed by atoms with Gasteiger partial charge in [0.25, 0.3) is 0 Å². The Morgan fingerprint density at radius 2 is 2.00 bits per heavy atom. The molecule has 158 valence electrons. The monoisotopic (exact) mass is 401 g/mol. The minimum Gasteiger partial charge on any atom is -0.482 e. The number of aliphatic carboxylic acids is 1. The van der Waals surface area contributed by atoms with Crippen molar-refractivity contribution in [1.29, 1.82) is 0 Å². The number of hydrogen-bond acceptors (Lipinski definition) is 4. The van der Waals surface area contributed by atoms with E-state index in [-0.39, 0.29) is 35.5 Å². The second-order valence-corrected chi connectivity index (χ2v) is 9.44. The van der Waals surface area contributed by atoms with E-state index in [4.69, 9.17) is 14.6 Å². The standard InChI is InChI=1S/C23H31NO5/c1-4-18(25)24-21-22(2,3)15-11-17-20(28-10-9-23(17,21)12-15)14-5-7-16(8-6-14)29-13-19(26)27/h5-8,15,17,20-21H,4,9-13H2,1-3H3,(H,24,25)(H,26,27)/t15-,17-,20-,21+,23?/m1/s1. The van der Waals surface area contributed by atoms with Crippen LogP contribution in [-0.4, -0.2) is 36.2 Å². The Labute approximate surface area is 172 Å². The van der Waals surface area contributed by atoms with Crippen molar-refractivity contribution in [3.8, 4) is 5.75 Å². The number of ether oxygens (including phenoxy) is 2. The molecular formula is C23H31NO5. The highest BCUT2D eigenvalue weighted by molar-refractivity contribution is 5.76.